The molecule has 2 aliphatic carbocycles. The number of anilines is 1. The van der Waals surface area contributed by atoms with Crippen molar-refractivity contribution in [3.8, 4) is 0 Å². The number of aryl methyl sites for hydroxylation is 2. The number of imide groups is 1. The standard InChI is InChI=1S/C41H29FN2O5/c1-24-13-17-26(18-14-24)33-34(27-19-15-25(2)16-20-27)41(29-11-7-4-8-12-29)36-35(40(33,39(41)47)28-9-5-3-6-10-28)37(45)43(38(36)46)31-22-21-30(42)23-32(31)44(48)49/h3-23,35-36H,1-2H3/t35-,36-,40+,41+/m0/s1. The number of hydrogen-bond donors (Lipinski definition) is 0. The molecule has 1 aliphatic heterocycles. The first-order valence-corrected chi connectivity index (χ1v) is 16.0. The van der Waals surface area contributed by atoms with Gasteiger partial charge in [-0.2, -0.15) is 0 Å². The molecule has 0 spiro atoms. The molecule has 1 saturated carbocycles. The lowest BCUT2D eigenvalue weighted by atomic mass is 9.59. The van der Waals surface area contributed by atoms with Gasteiger partial charge in [0.1, 0.15) is 11.5 Å². The summed E-state index contributed by atoms with van der Waals surface area (Å²) >= 11 is 0. The van der Waals surface area contributed by atoms with Gasteiger partial charge in [0.15, 0.2) is 5.78 Å². The summed E-state index contributed by atoms with van der Waals surface area (Å²) in [7, 11) is 0. The van der Waals surface area contributed by atoms with Crippen LogP contribution >= 0.6 is 0 Å². The number of nitrogens with zero attached hydrogens (tertiary/aromatic N) is 2. The van der Waals surface area contributed by atoms with Gasteiger partial charge in [0.05, 0.1) is 33.7 Å². The molecule has 49 heavy (non-hydrogen) atoms. The molecule has 7 nitrogen and oxygen atoms in total. The molecule has 1 saturated heterocycles. The number of Topliss-reactive ketones (excluding diaryl/α,β-unsaturated/α-hetero) is 1. The molecule has 1 heterocycles. The van der Waals surface area contributed by atoms with Crippen LogP contribution in [0.3, 0.4) is 0 Å². The third-order valence-electron chi connectivity index (χ3n) is 10.5. The Morgan fingerprint density at radius 1 is 0.633 bits per heavy atom. The van der Waals surface area contributed by atoms with Crippen LogP contribution in [0.1, 0.15) is 33.4 Å². The molecule has 2 fully saturated rings. The Bertz CT molecular complexity index is 2120. The quantitative estimate of drug-likeness (QED) is 0.108. The minimum absolute atomic E-state index is 0.298. The molecule has 8 heteroatoms. The molecular formula is C41H29FN2O5. The molecule has 5 aromatic rings. The molecule has 0 radical (unpaired) electrons. The van der Waals surface area contributed by atoms with Crippen molar-refractivity contribution in [2.75, 3.05) is 4.90 Å². The van der Waals surface area contributed by atoms with Crippen LogP contribution in [0.4, 0.5) is 15.8 Å². The highest BCUT2D eigenvalue weighted by Crippen LogP contribution is 2.74. The predicted molar refractivity (Wildman–Crippen MR) is 183 cm³/mol. The van der Waals surface area contributed by atoms with Gasteiger partial charge in [-0.25, -0.2) is 9.29 Å². The number of ketones is 1. The van der Waals surface area contributed by atoms with E-state index in [9.17, 15) is 14.5 Å². The van der Waals surface area contributed by atoms with Crippen molar-refractivity contribution in [3.63, 3.8) is 0 Å². The third kappa shape index (κ3) is 3.91. The summed E-state index contributed by atoms with van der Waals surface area (Å²) in [5.74, 6) is -5.18. The summed E-state index contributed by atoms with van der Waals surface area (Å²) in [5.41, 5.74) is 1.41. The van der Waals surface area contributed by atoms with Crippen molar-refractivity contribution < 1.29 is 23.7 Å². The number of rotatable bonds is 6. The molecule has 0 N–H and O–H groups in total. The highest BCUT2D eigenvalue weighted by atomic mass is 19.1. The lowest BCUT2D eigenvalue weighted by Crippen LogP contribution is -2.45. The topological polar surface area (TPSA) is 97.6 Å². The van der Waals surface area contributed by atoms with Crippen molar-refractivity contribution in [2.45, 2.75) is 24.7 Å². The zero-order chi connectivity index (χ0) is 34.2. The highest BCUT2D eigenvalue weighted by Gasteiger charge is 2.83. The number of fused-ring (bicyclic) bond motifs is 5. The SMILES string of the molecule is Cc1ccc(C2=C(c3ccc(C)cc3)[C@@]3(c4ccccc4)C(=O)[C@@]2(c2ccccc2)[C@@H]2C(=O)N(c4ccc(F)cc4[N+](=O)[O-])C(=O)[C@H]23)cc1. The molecule has 5 aromatic carbocycles. The average Bonchev–Trinajstić information content (AvgIpc) is 3.62. The van der Waals surface area contributed by atoms with Gasteiger partial charge < -0.3 is 0 Å². The van der Waals surface area contributed by atoms with Crippen LogP contribution in [-0.2, 0) is 25.2 Å². The molecule has 2 bridgehead atoms. The molecule has 2 amide bonds. The summed E-state index contributed by atoms with van der Waals surface area (Å²) in [6.45, 7) is 3.93. The van der Waals surface area contributed by atoms with Gasteiger partial charge in [0.25, 0.3) is 5.69 Å². The Kier molecular flexibility index (Phi) is 6.65. The molecule has 8 rings (SSSR count). The van der Waals surface area contributed by atoms with Crippen LogP contribution in [0.25, 0.3) is 11.1 Å². The van der Waals surface area contributed by atoms with Crippen LogP contribution in [0.15, 0.2) is 127 Å². The lowest BCUT2D eigenvalue weighted by molar-refractivity contribution is -0.384. The largest absolute Gasteiger partial charge is 0.297 e. The van der Waals surface area contributed by atoms with Crippen LogP contribution in [0, 0.1) is 41.6 Å². The van der Waals surface area contributed by atoms with Gasteiger partial charge in [0.2, 0.25) is 11.8 Å². The number of hydrogen-bond acceptors (Lipinski definition) is 5. The second kappa shape index (κ2) is 10.8. The number of nitro groups is 1. The summed E-state index contributed by atoms with van der Waals surface area (Å²) in [4.78, 5) is 58.3. The average molecular weight is 649 g/mol. The van der Waals surface area contributed by atoms with Gasteiger partial charge >= 0.3 is 0 Å². The Morgan fingerprint density at radius 2 is 1.06 bits per heavy atom. The smallest absolute Gasteiger partial charge is 0.296 e. The maximum atomic E-state index is 16.0. The number of carbonyl (C=O) groups excluding carboxylic acids is 3. The van der Waals surface area contributed by atoms with E-state index in [0.29, 0.717) is 28.3 Å². The van der Waals surface area contributed by atoms with Crippen LogP contribution in [0.2, 0.25) is 0 Å². The van der Waals surface area contributed by atoms with Crippen LogP contribution < -0.4 is 4.90 Å². The van der Waals surface area contributed by atoms with Crippen molar-refractivity contribution >= 4 is 40.1 Å². The second-order valence-electron chi connectivity index (χ2n) is 13.0. The first kappa shape index (κ1) is 30.3. The van der Waals surface area contributed by atoms with Crippen molar-refractivity contribution in [1.82, 2.24) is 0 Å². The first-order valence-electron chi connectivity index (χ1n) is 16.0. The number of carbonyl (C=O) groups is 3. The number of benzene rings is 5. The van der Waals surface area contributed by atoms with Gasteiger partial charge in [-0.1, -0.05) is 120 Å². The van der Waals surface area contributed by atoms with Crippen molar-refractivity contribution in [3.05, 3.63) is 177 Å². The second-order valence-corrected chi connectivity index (χ2v) is 13.0. The zero-order valence-electron chi connectivity index (χ0n) is 26.6. The number of halogens is 1. The maximum absolute atomic E-state index is 16.0. The fourth-order valence-electron chi connectivity index (χ4n) is 8.63. The Balaban J connectivity index is 1.55. The van der Waals surface area contributed by atoms with E-state index in [4.69, 9.17) is 0 Å². The normalized spacial score (nSPS) is 24.1. The van der Waals surface area contributed by atoms with Gasteiger partial charge in [-0.05, 0) is 59.4 Å². The highest BCUT2D eigenvalue weighted by molar-refractivity contribution is 6.39. The Morgan fingerprint density at radius 3 is 1.47 bits per heavy atom. The van der Waals surface area contributed by atoms with E-state index in [1.54, 1.807) is 24.3 Å². The monoisotopic (exact) mass is 648 g/mol. The summed E-state index contributed by atoms with van der Waals surface area (Å²) in [5, 5.41) is 12.2. The van der Waals surface area contributed by atoms with E-state index in [0.717, 1.165) is 39.3 Å². The van der Waals surface area contributed by atoms with E-state index >= 15 is 14.4 Å². The number of amides is 2. The van der Waals surface area contributed by atoms with Gasteiger partial charge in [0, 0.05) is 0 Å². The molecule has 240 valence electrons. The molecule has 0 unspecified atom stereocenters. The van der Waals surface area contributed by atoms with Crippen molar-refractivity contribution in [1.29, 1.82) is 0 Å². The molecule has 0 aromatic heterocycles. The molecule has 3 aliphatic rings. The van der Waals surface area contributed by atoms with Crippen molar-refractivity contribution in [2.24, 2.45) is 11.8 Å². The van der Waals surface area contributed by atoms with E-state index in [2.05, 4.69) is 0 Å². The van der Waals surface area contributed by atoms with E-state index in [1.165, 1.54) is 0 Å². The van der Waals surface area contributed by atoms with Gasteiger partial charge in [-0.3, -0.25) is 24.5 Å². The minimum atomic E-state index is -1.66. The summed E-state index contributed by atoms with van der Waals surface area (Å²) in [6.07, 6.45) is 0. The maximum Gasteiger partial charge on any atom is 0.296 e. The predicted octanol–water partition coefficient (Wildman–Crippen LogP) is 7.54. The minimum Gasteiger partial charge on any atom is -0.297 e. The van der Waals surface area contributed by atoms with E-state index < -0.39 is 50.9 Å². The molecular weight excluding hydrogens is 619 g/mol. The number of nitro benzene ring substituents is 1. The van der Waals surface area contributed by atoms with E-state index in [1.807, 2.05) is 98.8 Å². The zero-order valence-corrected chi connectivity index (χ0v) is 26.6. The summed E-state index contributed by atoms with van der Waals surface area (Å²) < 4.78 is 14.4. The lowest BCUT2D eigenvalue weighted by Gasteiger charge is -2.39. The molecule has 4 atom stereocenters. The third-order valence-corrected chi connectivity index (χ3v) is 10.5. The van der Waals surface area contributed by atoms with Gasteiger partial charge in [-0.15, -0.1) is 0 Å². The Hall–Kier alpha value is -6.02. The first-order chi connectivity index (χ1) is 23.6. The van der Waals surface area contributed by atoms with Crippen LogP contribution in [0.5, 0.6) is 0 Å². The van der Waals surface area contributed by atoms with Crippen LogP contribution in [-0.4, -0.2) is 22.5 Å². The fourth-order valence-corrected chi connectivity index (χ4v) is 8.63. The summed E-state index contributed by atoms with van der Waals surface area (Å²) in [6, 6.07) is 36.4. The number of allylic oxidation sites excluding steroid dienone is 2. The Labute approximate surface area is 281 Å². The fraction of sp³-hybridized carbons (Fsp3) is 0.146. The van der Waals surface area contributed by atoms with E-state index in [-0.39, 0.29) is 11.5 Å².